The van der Waals surface area contributed by atoms with Crippen molar-refractivity contribution in [1.29, 1.82) is 0 Å². The molecule has 1 N–H and O–H groups in total. The Bertz CT molecular complexity index is 54.4. The van der Waals surface area contributed by atoms with E-state index in [0.717, 1.165) is 0 Å². The summed E-state index contributed by atoms with van der Waals surface area (Å²) < 4.78 is 0. The second kappa shape index (κ2) is 13.7. The van der Waals surface area contributed by atoms with Crippen LogP contribution in [0.25, 0.3) is 0 Å². The Balaban J connectivity index is -0.000000140. The second-order valence-corrected chi connectivity index (χ2v) is 3.39. The molecule has 4 heteroatoms. The van der Waals surface area contributed by atoms with Gasteiger partial charge in [-0.3, -0.25) is 0 Å². The first kappa shape index (κ1) is 18.0. The van der Waals surface area contributed by atoms with Gasteiger partial charge in [-0.1, -0.05) is 27.7 Å². The van der Waals surface area contributed by atoms with E-state index < -0.39 is 0 Å². The Morgan fingerprint density at radius 3 is 1.18 bits per heavy atom. The molecule has 0 heterocycles. The van der Waals surface area contributed by atoms with Crippen LogP contribution in [0.4, 0.5) is 0 Å². The van der Waals surface area contributed by atoms with Gasteiger partial charge in [-0.15, -0.1) is 23.2 Å². The number of alkyl halides is 2. The van der Waals surface area contributed by atoms with Gasteiger partial charge in [0.1, 0.15) is 0 Å². The van der Waals surface area contributed by atoms with E-state index in [1.807, 2.05) is 0 Å². The average Bonchev–Trinajstić information content (AvgIpc) is 1.62. The van der Waals surface area contributed by atoms with Crippen LogP contribution in [0.2, 0.25) is 0 Å². The van der Waals surface area contributed by atoms with Gasteiger partial charge in [0.15, 0.2) is 0 Å². The van der Waals surface area contributed by atoms with Crippen LogP contribution in [0.5, 0.6) is 0 Å². The third kappa shape index (κ3) is 35.2. The predicted octanol–water partition coefficient (Wildman–Crippen LogP) is 2.17. The normalized spacial score (nSPS) is 8.73. The Morgan fingerprint density at radius 2 is 1.18 bits per heavy atom. The minimum atomic E-state index is 0. The summed E-state index contributed by atoms with van der Waals surface area (Å²) >= 11 is 9.53. The van der Waals surface area contributed by atoms with E-state index in [-0.39, 0.29) is 24.2 Å². The molecule has 0 saturated heterocycles. The molecule has 0 aromatic carbocycles. The molecule has 11 heavy (non-hydrogen) atoms. The summed E-state index contributed by atoms with van der Waals surface area (Å²) in [6, 6.07) is 1.25. The summed E-state index contributed by atoms with van der Waals surface area (Å²) in [4.78, 5) is 0. The topological polar surface area (TPSA) is 12.0 Å². The maximum absolute atomic E-state index is 4.76. The van der Waals surface area contributed by atoms with Crippen molar-refractivity contribution in [3.8, 4) is 0 Å². The van der Waals surface area contributed by atoms with Crippen LogP contribution in [0.1, 0.15) is 27.7 Å². The van der Waals surface area contributed by atoms with Gasteiger partial charge in [-0.05, 0) is 0 Å². The Labute approximate surface area is 92.4 Å². The average molecular weight is 194 g/mol. The van der Waals surface area contributed by atoms with Gasteiger partial charge in [-0.25, -0.2) is 0 Å². The van der Waals surface area contributed by atoms with E-state index in [2.05, 4.69) is 33.0 Å². The zero-order valence-electron chi connectivity index (χ0n) is 7.12. The molecule has 0 aliphatic rings. The number of hydrogen-bond donors (Lipinski definition) is 1. The summed E-state index contributed by atoms with van der Waals surface area (Å²) in [6.45, 7) is 8.61. The molecule has 0 radical (unpaired) electrons. The summed E-state index contributed by atoms with van der Waals surface area (Å²) in [5.41, 5.74) is 0. The van der Waals surface area contributed by atoms with E-state index in [4.69, 9.17) is 23.2 Å². The Kier molecular flexibility index (Phi) is 22.5. The molecule has 1 nitrogen and oxygen atoms in total. The fraction of sp³-hybridized carbons (Fsp3) is 1.00. The van der Waals surface area contributed by atoms with Crippen molar-refractivity contribution in [2.24, 2.45) is 0 Å². The third-order valence-electron chi connectivity index (χ3n) is 0.667. The molecule has 66 valence electrons. The molecular weight excluding hydrogens is 176 g/mol. The third-order valence-corrected chi connectivity index (χ3v) is 0.667. The molecule has 0 saturated carbocycles. The molecule has 0 rings (SSSR count). The first-order chi connectivity index (χ1) is 4.54. The van der Waals surface area contributed by atoms with Crippen LogP contribution < -0.4 is 5.32 Å². The van der Waals surface area contributed by atoms with E-state index in [0.29, 0.717) is 12.1 Å². The van der Waals surface area contributed by atoms with Gasteiger partial charge in [0.05, 0.1) is 5.34 Å². The van der Waals surface area contributed by atoms with Crippen molar-refractivity contribution in [3.63, 3.8) is 0 Å². The van der Waals surface area contributed by atoms with Crippen molar-refractivity contribution in [3.05, 3.63) is 0 Å². The molecule has 0 aromatic rings. The maximum atomic E-state index is 4.76. The number of rotatable bonds is 2. The van der Waals surface area contributed by atoms with E-state index in [1.54, 1.807) is 0 Å². The summed E-state index contributed by atoms with van der Waals surface area (Å²) in [5, 5.41) is 3.50. The molecule has 0 atom stereocenters. The van der Waals surface area contributed by atoms with E-state index in [9.17, 15) is 0 Å². The number of hydrogen-bond acceptors (Lipinski definition) is 1. The summed E-state index contributed by atoms with van der Waals surface area (Å²) in [6.07, 6.45) is 0. The molecule has 0 bridgehead atoms. The molecule has 0 aromatic heterocycles. The van der Waals surface area contributed by atoms with Crippen molar-refractivity contribution in [1.82, 2.24) is 5.32 Å². The van der Waals surface area contributed by atoms with Crippen LogP contribution in [-0.4, -0.2) is 36.3 Å². The zero-order chi connectivity index (χ0) is 8.57. The van der Waals surface area contributed by atoms with Gasteiger partial charge < -0.3 is 5.32 Å². The molecule has 0 spiro atoms. The van der Waals surface area contributed by atoms with Gasteiger partial charge >= 0.3 is 18.9 Å². The predicted molar refractivity (Wildman–Crippen MR) is 57.1 cm³/mol. The molecule has 0 fully saturated rings. The van der Waals surface area contributed by atoms with Gasteiger partial charge in [0.25, 0.3) is 0 Å². The molecule has 0 aliphatic heterocycles. The van der Waals surface area contributed by atoms with Crippen molar-refractivity contribution in [2.75, 3.05) is 5.34 Å². The Hall–Kier alpha value is 1.14. The standard InChI is InChI=1S/C6H15N.CH2Cl2.Li.H/c1-5(2)7-6(3)4;2-1-3;;/h5-7H,1-4H3;1H2;;. The number of nitrogens with one attached hydrogen (secondary N) is 1. The van der Waals surface area contributed by atoms with Crippen LogP contribution in [0.15, 0.2) is 0 Å². The zero-order valence-corrected chi connectivity index (χ0v) is 8.63. The van der Waals surface area contributed by atoms with Crippen LogP contribution in [0, 0.1) is 0 Å². The fourth-order valence-corrected chi connectivity index (χ4v) is 0.667. The van der Waals surface area contributed by atoms with Crippen molar-refractivity contribution in [2.45, 2.75) is 39.8 Å². The van der Waals surface area contributed by atoms with Crippen molar-refractivity contribution < 1.29 is 0 Å². The second-order valence-electron chi connectivity index (χ2n) is 2.58. The number of halogens is 2. The monoisotopic (exact) mass is 193 g/mol. The first-order valence-corrected chi connectivity index (χ1v) is 4.49. The Morgan fingerprint density at radius 1 is 1.00 bits per heavy atom. The van der Waals surface area contributed by atoms with Gasteiger partial charge in [0.2, 0.25) is 0 Å². The molecule has 0 amide bonds. The van der Waals surface area contributed by atoms with E-state index in [1.165, 1.54) is 0 Å². The summed E-state index contributed by atoms with van der Waals surface area (Å²) in [5.74, 6) is 0. The quantitative estimate of drug-likeness (QED) is 0.524. The SMILES string of the molecule is CC(C)NC(C)C.ClCCl.[LiH]. The van der Waals surface area contributed by atoms with Gasteiger partial charge in [0, 0.05) is 12.1 Å². The van der Waals surface area contributed by atoms with Crippen LogP contribution >= 0.6 is 23.2 Å². The van der Waals surface area contributed by atoms with Gasteiger partial charge in [-0.2, -0.15) is 0 Å². The van der Waals surface area contributed by atoms with Crippen LogP contribution in [0.3, 0.4) is 0 Å². The first-order valence-electron chi connectivity index (χ1n) is 3.42. The molecule has 0 unspecified atom stereocenters. The molecular formula is C7H18Cl2LiN. The molecule has 0 aliphatic carbocycles. The van der Waals surface area contributed by atoms with Crippen LogP contribution in [-0.2, 0) is 0 Å². The fourth-order valence-electron chi connectivity index (χ4n) is 0.667. The van der Waals surface area contributed by atoms with E-state index >= 15 is 0 Å². The van der Waals surface area contributed by atoms with Crippen molar-refractivity contribution >= 4 is 42.1 Å². The summed E-state index contributed by atoms with van der Waals surface area (Å²) in [7, 11) is 0. The minimum absolute atomic E-state index is 0.